The summed E-state index contributed by atoms with van der Waals surface area (Å²) in [7, 11) is 0. The second-order valence-corrected chi connectivity index (χ2v) is 8.04. The molecule has 6 heteroatoms. The van der Waals surface area contributed by atoms with Gasteiger partial charge < -0.3 is 15.2 Å². The Labute approximate surface area is 174 Å². The fourth-order valence-electron chi connectivity index (χ4n) is 3.91. The zero-order valence-electron chi connectivity index (χ0n) is 15.1. The molecule has 27 heavy (non-hydrogen) atoms. The van der Waals surface area contributed by atoms with E-state index in [1.807, 2.05) is 18.2 Å². The lowest BCUT2D eigenvalue weighted by Crippen LogP contribution is -2.45. The first-order chi connectivity index (χ1) is 13.1. The first kappa shape index (κ1) is 18.6. The number of rotatable bonds is 3. The van der Waals surface area contributed by atoms with Gasteiger partial charge in [-0.15, -0.1) is 0 Å². The van der Waals surface area contributed by atoms with Crippen molar-refractivity contribution in [1.82, 2.24) is 15.2 Å². The summed E-state index contributed by atoms with van der Waals surface area (Å²) < 4.78 is 0. The first-order valence-corrected chi connectivity index (χ1v) is 10.3. The van der Waals surface area contributed by atoms with E-state index in [2.05, 4.69) is 46.4 Å². The van der Waals surface area contributed by atoms with Crippen LogP contribution in [0.4, 0.5) is 0 Å². The topological polar surface area (TPSA) is 31.1 Å². The quantitative estimate of drug-likeness (QED) is 0.523. The standard InChI is InChI=1S/C21H21Cl2N3S/c1-2-19-20-15(14-5-3-4-6-18(14)25-20)9-10-26(19)21(27)24-12-13-7-8-16(22)17(23)11-13/h3-8,11,19,25H,2,9-10,12H2,1H3,(H,24,27). The van der Waals surface area contributed by atoms with Crippen molar-refractivity contribution in [2.75, 3.05) is 6.54 Å². The van der Waals surface area contributed by atoms with Crippen LogP contribution in [0.15, 0.2) is 42.5 Å². The van der Waals surface area contributed by atoms with Crippen LogP contribution in [0.5, 0.6) is 0 Å². The monoisotopic (exact) mass is 417 g/mol. The van der Waals surface area contributed by atoms with Crippen LogP contribution < -0.4 is 5.32 Å². The molecular formula is C21H21Cl2N3S. The highest BCUT2D eigenvalue weighted by Crippen LogP contribution is 2.36. The molecule has 0 aliphatic carbocycles. The summed E-state index contributed by atoms with van der Waals surface area (Å²) in [5.74, 6) is 0. The van der Waals surface area contributed by atoms with E-state index in [-0.39, 0.29) is 6.04 Å². The molecule has 4 rings (SSSR count). The number of H-pyrrole nitrogens is 1. The Balaban J connectivity index is 1.53. The van der Waals surface area contributed by atoms with Crippen LogP contribution in [-0.2, 0) is 13.0 Å². The number of aromatic nitrogens is 1. The number of benzene rings is 2. The molecule has 0 spiro atoms. The van der Waals surface area contributed by atoms with Gasteiger partial charge >= 0.3 is 0 Å². The summed E-state index contributed by atoms with van der Waals surface area (Å²) in [6.07, 6.45) is 1.98. The smallest absolute Gasteiger partial charge is 0.169 e. The predicted octanol–water partition coefficient (Wildman–Crippen LogP) is 5.86. The highest BCUT2D eigenvalue weighted by Gasteiger charge is 2.30. The predicted molar refractivity (Wildman–Crippen MR) is 118 cm³/mol. The number of nitrogens with one attached hydrogen (secondary N) is 2. The number of aromatic amines is 1. The van der Waals surface area contributed by atoms with Gasteiger partial charge in [-0.2, -0.15) is 0 Å². The molecule has 1 unspecified atom stereocenters. The maximum Gasteiger partial charge on any atom is 0.169 e. The molecule has 0 radical (unpaired) electrons. The third-order valence-corrected chi connectivity index (χ3v) is 6.35. The van der Waals surface area contributed by atoms with Crippen LogP contribution in [0.3, 0.4) is 0 Å². The molecule has 1 atom stereocenters. The van der Waals surface area contributed by atoms with Gasteiger partial charge in [-0.3, -0.25) is 0 Å². The van der Waals surface area contributed by atoms with Crippen molar-refractivity contribution < 1.29 is 0 Å². The molecule has 3 aromatic rings. The van der Waals surface area contributed by atoms with Crippen molar-refractivity contribution >= 4 is 51.4 Å². The second kappa shape index (κ2) is 7.70. The van der Waals surface area contributed by atoms with Gasteiger partial charge in [-0.25, -0.2) is 0 Å². The van der Waals surface area contributed by atoms with E-state index in [0.29, 0.717) is 16.6 Å². The number of fused-ring (bicyclic) bond motifs is 3. The van der Waals surface area contributed by atoms with Crippen LogP contribution in [-0.4, -0.2) is 21.5 Å². The number of nitrogens with zero attached hydrogens (tertiary/aromatic N) is 1. The van der Waals surface area contributed by atoms with Crippen LogP contribution in [0.25, 0.3) is 10.9 Å². The normalized spacial score (nSPS) is 16.4. The molecular weight excluding hydrogens is 397 g/mol. The van der Waals surface area contributed by atoms with E-state index in [1.54, 1.807) is 0 Å². The minimum Gasteiger partial charge on any atom is -0.358 e. The minimum absolute atomic E-state index is 0.259. The lowest BCUT2D eigenvalue weighted by molar-refractivity contribution is 0.283. The Morgan fingerprint density at radius 1 is 1.22 bits per heavy atom. The molecule has 0 saturated carbocycles. The van der Waals surface area contributed by atoms with Gasteiger partial charge in [-0.05, 0) is 54.4 Å². The molecule has 2 aromatic carbocycles. The summed E-state index contributed by atoms with van der Waals surface area (Å²) in [5.41, 5.74) is 4.99. The number of thiocarbonyl (C=S) groups is 1. The van der Waals surface area contributed by atoms with Crippen LogP contribution in [0, 0.1) is 0 Å². The Kier molecular flexibility index (Phi) is 5.31. The number of hydrogen-bond donors (Lipinski definition) is 2. The average Bonchev–Trinajstić information content (AvgIpc) is 3.06. The molecule has 3 nitrogen and oxygen atoms in total. The molecule has 140 valence electrons. The molecule has 2 heterocycles. The third kappa shape index (κ3) is 3.54. The summed E-state index contributed by atoms with van der Waals surface area (Å²) >= 11 is 17.8. The SMILES string of the molecule is CCC1c2[nH]c3ccccc3c2CCN1C(=S)NCc1ccc(Cl)c(Cl)c1. The van der Waals surface area contributed by atoms with Crippen molar-refractivity contribution in [3.8, 4) is 0 Å². The van der Waals surface area contributed by atoms with Crippen molar-refractivity contribution in [2.24, 2.45) is 0 Å². The molecule has 0 fully saturated rings. The number of para-hydroxylation sites is 1. The Morgan fingerprint density at radius 3 is 2.81 bits per heavy atom. The zero-order chi connectivity index (χ0) is 19.0. The highest BCUT2D eigenvalue weighted by atomic mass is 35.5. The van der Waals surface area contributed by atoms with Crippen LogP contribution >= 0.6 is 35.4 Å². The summed E-state index contributed by atoms with van der Waals surface area (Å²) in [6.45, 7) is 3.75. The lowest BCUT2D eigenvalue weighted by Gasteiger charge is -2.37. The molecule has 0 saturated heterocycles. The first-order valence-electron chi connectivity index (χ1n) is 9.16. The minimum atomic E-state index is 0.259. The van der Waals surface area contributed by atoms with Gasteiger partial charge in [0.05, 0.1) is 16.1 Å². The van der Waals surface area contributed by atoms with Crippen molar-refractivity contribution in [2.45, 2.75) is 32.4 Å². The van der Waals surface area contributed by atoms with Crippen molar-refractivity contribution in [3.63, 3.8) is 0 Å². The zero-order valence-corrected chi connectivity index (χ0v) is 17.4. The molecule has 0 amide bonds. The summed E-state index contributed by atoms with van der Waals surface area (Å²) in [6, 6.07) is 14.4. The maximum atomic E-state index is 6.11. The molecule has 1 aliphatic rings. The Morgan fingerprint density at radius 2 is 2.04 bits per heavy atom. The van der Waals surface area contributed by atoms with Gasteiger partial charge in [0.1, 0.15) is 0 Å². The third-order valence-electron chi connectivity index (χ3n) is 5.23. The van der Waals surface area contributed by atoms with E-state index < -0.39 is 0 Å². The number of halogens is 2. The fraction of sp³-hybridized carbons (Fsp3) is 0.286. The lowest BCUT2D eigenvalue weighted by atomic mass is 9.96. The van der Waals surface area contributed by atoms with Gasteiger partial charge in [0.2, 0.25) is 0 Å². The Bertz CT molecular complexity index is 998. The molecule has 2 N–H and O–H groups in total. The number of hydrogen-bond acceptors (Lipinski definition) is 1. The van der Waals surface area contributed by atoms with Gasteiger partial charge in [-0.1, -0.05) is 54.4 Å². The van der Waals surface area contributed by atoms with Gasteiger partial charge in [0.25, 0.3) is 0 Å². The second-order valence-electron chi connectivity index (χ2n) is 6.84. The van der Waals surface area contributed by atoms with Crippen LogP contribution in [0.2, 0.25) is 10.0 Å². The van der Waals surface area contributed by atoms with Crippen LogP contribution in [0.1, 0.15) is 36.2 Å². The molecule has 0 bridgehead atoms. The van der Waals surface area contributed by atoms with Crippen molar-refractivity contribution in [3.05, 3.63) is 69.3 Å². The average molecular weight is 418 g/mol. The molecule has 1 aromatic heterocycles. The summed E-state index contributed by atoms with van der Waals surface area (Å²) in [4.78, 5) is 5.92. The van der Waals surface area contributed by atoms with E-state index >= 15 is 0 Å². The van der Waals surface area contributed by atoms with Gasteiger partial charge in [0.15, 0.2) is 5.11 Å². The largest absolute Gasteiger partial charge is 0.358 e. The van der Waals surface area contributed by atoms with Crippen molar-refractivity contribution in [1.29, 1.82) is 0 Å². The fourth-order valence-corrected chi connectivity index (χ4v) is 4.53. The van der Waals surface area contributed by atoms with E-state index in [4.69, 9.17) is 35.4 Å². The molecule has 1 aliphatic heterocycles. The maximum absolute atomic E-state index is 6.11. The summed E-state index contributed by atoms with van der Waals surface area (Å²) in [5, 5.41) is 6.62. The van der Waals surface area contributed by atoms with E-state index in [0.717, 1.165) is 30.1 Å². The van der Waals surface area contributed by atoms with E-state index in [9.17, 15) is 0 Å². The highest BCUT2D eigenvalue weighted by molar-refractivity contribution is 7.80. The Hall–Kier alpha value is -1.75. The van der Waals surface area contributed by atoms with Gasteiger partial charge in [0, 0.05) is 29.7 Å². The van der Waals surface area contributed by atoms with E-state index in [1.165, 1.54) is 22.2 Å².